The Morgan fingerprint density at radius 3 is 2.57 bits per heavy atom. The van der Waals surface area contributed by atoms with Gasteiger partial charge in [-0.25, -0.2) is 4.79 Å². The zero-order valence-electron chi connectivity index (χ0n) is 12.2. The van der Waals surface area contributed by atoms with Crippen molar-refractivity contribution in [3.05, 3.63) is 35.9 Å². The number of nitrogens with zero attached hydrogens (tertiary/aromatic N) is 1. The minimum absolute atomic E-state index is 0.203. The summed E-state index contributed by atoms with van der Waals surface area (Å²) < 4.78 is 5.27. The molecule has 2 unspecified atom stereocenters. The van der Waals surface area contributed by atoms with Crippen LogP contribution in [0.1, 0.15) is 31.2 Å². The number of hydrogen-bond donors (Lipinski definition) is 1. The first-order chi connectivity index (χ1) is 10.1. The molecule has 21 heavy (non-hydrogen) atoms. The smallest absolute Gasteiger partial charge is 0.410 e. The highest BCUT2D eigenvalue weighted by Crippen LogP contribution is 2.28. The van der Waals surface area contributed by atoms with Crippen molar-refractivity contribution >= 4 is 12.1 Å². The van der Waals surface area contributed by atoms with Crippen LogP contribution in [-0.2, 0) is 16.1 Å². The molecule has 2 atom stereocenters. The van der Waals surface area contributed by atoms with Crippen LogP contribution in [0.3, 0.4) is 0 Å². The number of benzene rings is 1. The van der Waals surface area contributed by atoms with E-state index in [1.165, 1.54) is 4.90 Å². The Morgan fingerprint density at radius 2 is 1.90 bits per heavy atom. The molecule has 0 saturated heterocycles. The number of rotatable bonds is 4. The molecule has 1 aliphatic rings. The van der Waals surface area contributed by atoms with Gasteiger partial charge >= 0.3 is 12.1 Å². The van der Waals surface area contributed by atoms with Crippen molar-refractivity contribution in [2.45, 2.75) is 38.3 Å². The highest BCUT2D eigenvalue weighted by Gasteiger charge is 2.35. The fraction of sp³-hybridized carbons (Fsp3) is 0.500. The first kappa shape index (κ1) is 15.4. The molecule has 1 saturated carbocycles. The highest BCUT2D eigenvalue weighted by molar-refractivity contribution is 5.73. The molecule has 1 aromatic rings. The number of aliphatic carboxylic acids is 1. The predicted molar refractivity (Wildman–Crippen MR) is 77.8 cm³/mol. The molecule has 0 radical (unpaired) electrons. The molecule has 1 aromatic carbocycles. The van der Waals surface area contributed by atoms with E-state index in [0.29, 0.717) is 12.8 Å². The summed E-state index contributed by atoms with van der Waals surface area (Å²) in [5.74, 6) is -1.32. The SMILES string of the molecule is CN(C(=O)OCc1ccccc1)C1CCCCC1C(=O)O. The van der Waals surface area contributed by atoms with E-state index in [9.17, 15) is 14.7 Å². The second-order valence-electron chi connectivity index (χ2n) is 5.45. The van der Waals surface area contributed by atoms with Crippen molar-refractivity contribution in [2.24, 2.45) is 5.92 Å². The lowest BCUT2D eigenvalue weighted by Crippen LogP contribution is -2.46. The maximum Gasteiger partial charge on any atom is 0.410 e. The minimum atomic E-state index is -0.831. The van der Waals surface area contributed by atoms with E-state index in [2.05, 4.69) is 0 Å². The first-order valence-corrected chi connectivity index (χ1v) is 7.26. The summed E-state index contributed by atoms with van der Waals surface area (Å²) in [6.45, 7) is 0.203. The van der Waals surface area contributed by atoms with E-state index in [0.717, 1.165) is 18.4 Å². The molecule has 0 bridgehead atoms. The zero-order chi connectivity index (χ0) is 15.2. The number of hydrogen-bond acceptors (Lipinski definition) is 3. The standard InChI is InChI=1S/C16H21NO4/c1-17(14-10-6-5-9-13(14)15(18)19)16(20)21-11-12-7-3-2-4-8-12/h2-4,7-8,13-14H,5-6,9-11H2,1H3,(H,18,19). The van der Waals surface area contributed by atoms with E-state index in [1.807, 2.05) is 30.3 Å². The second-order valence-corrected chi connectivity index (χ2v) is 5.45. The van der Waals surface area contributed by atoms with Crippen LogP contribution >= 0.6 is 0 Å². The fourth-order valence-corrected chi connectivity index (χ4v) is 2.82. The van der Waals surface area contributed by atoms with Crippen LogP contribution in [0.5, 0.6) is 0 Å². The van der Waals surface area contributed by atoms with Crippen molar-refractivity contribution in [3.63, 3.8) is 0 Å². The third-order valence-electron chi connectivity index (χ3n) is 4.04. The molecule has 2 rings (SSSR count). The minimum Gasteiger partial charge on any atom is -0.481 e. The molecule has 0 aliphatic heterocycles. The number of ether oxygens (including phenoxy) is 1. The maximum absolute atomic E-state index is 12.1. The van der Waals surface area contributed by atoms with Gasteiger partial charge in [-0.15, -0.1) is 0 Å². The molecular weight excluding hydrogens is 270 g/mol. The summed E-state index contributed by atoms with van der Waals surface area (Å²) in [6.07, 6.45) is 2.73. The molecule has 1 aliphatic carbocycles. The van der Waals surface area contributed by atoms with Crippen molar-refractivity contribution in [1.82, 2.24) is 4.90 Å². The van der Waals surface area contributed by atoms with Crippen molar-refractivity contribution in [3.8, 4) is 0 Å². The number of carboxylic acid groups (broad SMARTS) is 1. The molecule has 5 heteroatoms. The Kier molecular flexibility index (Phi) is 5.20. The monoisotopic (exact) mass is 291 g/mol. The van der Waals surface area contributed by atoms with Crippen molar-refractivity contribution in [1.29, 1.82) is 0 Å². The van der Waals surface area contributed by atoms with Gasteiger partial charge in [0.1, 0.15) is 6.61 Å². The normalized spacial score (nSPS) is 21.6. The highest BCUT2D eigenvalue weighted by atomic mass is 16.6. The van der Waals surface area contributed by atoms with E-state index in [-0.39, 0.29) is 12.6 Å². The van der Waals surface area contributed by atoms with Gasteiger partial charge in [0.05, 0.1) is 5.92 Å². The lowest BCUT2D eigenvalue weighted by atomic mass is 9.84. The number of carbonyl (C=O) groups is 2. The van der Waals surface area contributed by atoms with E-state index in [1.54, 1.807) is 7.05 Å². The van der Waals surface area contributed by atoms with Crippen molar-refractivity contribution < 1.29 is 19.4 Å². The summed E-state index contributed by atoms with van der Waals surface area (Å²) in [6, 6.07) is 9.15. The Morgan fingerprint density at radius 1 is 1.24 bits per heavy atom. The molecule has 1 amide bonds. The lowest BCUT2D eigenvalue weighted by molar-refractivity contribution is -0.145. The van der Waals surface area contributed by atoms with Crippen LogP contribution in [0, 0.1) is 5.92 Å². The maximum atomic E-state index is 12.1. The fourth-order valence-electron chi connectivity index (χ4n) is 2.82. The summed E-state index contributed by atoms with van der Waals surface area (Å²) in [7, 11) is 1.62. The average molecular weight is 291 g/mol. The lowest BCUT2D eigenvalue weighted by Gasteiger charge is -2.35. The van der Waals surface area contributed by atoms with Gasteiger partial charge in [-0.1, -0.05) is 43.2 Å². The molecule has 5 nitrogen and oxygen atoms in total. The quantitative estimate of drug-likeness (QED) is 0.926. The van der Waals surface area contributed by atoms with Crippen LogP contribution in [0.2, 0.25) is 0 Å². The summed E-state index contributed by atoms with van der Waals surface area (Å²) >= 11 is 0. The van der Waals surface area contributed by atoms with Crippen LogP contribution in [0.25, 0.3) is 0 Å². The largest absolute Gasteiger partial charge is 0.481 e. The van der Waals surface area contributed by atoms with Gasteiger partial charge < -0.3 is 14.7 Å². The number of amides is 1. The van der Waals surface area contributed by atoms with E-state index in [4.69, 9.17) is 4.74 Å². The summed E-state index contributed by atoms with van der Waals surface area (Å²) in [5, 5.41) is 9.27. The van der Waals surface area contributed by atoms with Gasteiger partial charge in [0.25, 0.3) is 0 Å². The molecule has 114 valence electrons. The molecule has 0 aromatic heterocycles. The van der Waals surface area contributed by atoms with Crippen LogP contribution in [0.4, 0.5) is 4.79 Å². The Balaban J connectivity index is 1.93. The predicted octanol–water partition coefficient (Wildman–Crippen LogP) is 2.90. The van der Waals surface area contributed by atoms with Gasteiger partial charge in [-0.05, 0) is 18.4 Å². The van der Waals surface area contributed by atoms with Gasteiger partial charge in [0.2, 0.25) is 0 Å². The molecule has 1 fully saturated rings. The molecule has 0 heterocycles. The first-order valence-electron chi connectivity index (χ1n) is 7.26. The van der Waals surface area contributed by atoms with Gasteiger partial charge in [-0.2, -0.15) is 0 Å². The van der Waals surface area contributed by atoms with Gasteiger partial charge in [0, 0.05) is 13.1 Å². The number of carbonyl (C=O) groups excluding carboxylic acids is 1. The number of carboxylic acids is 1. The summed E-state index contributed by atoms with van der Waals surface area (Å²) in [5.41, 5.74) is 0.915. The van der Waals surface area contributed by atoms with Gasteiger partial charge in [0.15, 0.2) is 0 Å². The van der Waals surface area contributed by atoms with E-state index >= 15 is 0 Å². The van der Waals surface area contributed by atoms with Crippen LogP contribution in [-0.4, -0.2) is 35.2 Å². The van der Waals surface area contributed by atoms with Crippen molar-refractivity contribution in [2.75, 3.05) is 7.05 Å². The van der Waals surface area contributed by atoms with E-state index < -0.39 is 18.0 Å². The van der Waals surface area contributed by atoms with Crippen LogP contribution < -0.4 is 0 Å². The van der Waals surface area contributed by atoms with Crippen LogP contribution in [0.15, 0.2) is 30.3 Å². The zero-order valence-corrected chi connectivity index (χ0v) is 12.2. The second kappa shape index (κ2) is 7.11. The molecule has 0 spiro atoms. The van der Waals surface area contributed by atoms with Gasteiger partial charge in [-0.3, -0.25) is 4.79 Å². The Hall–Kier alpha value is -2.04. The summed E-state index contributed by atoms with van der Waals surface area (Å²) in [4.78, 5) is 24.8. The Labute approximate surface area is 124 Å². The third-order valence-corrected chi connectivity index (χ3v) is 4.04. The topological polar surface area (TPSA) is 66.8 Å². The molecule has 1 N–H and O–H groups in total. The molecular formula is C16H21NO4. The Bertz CT molecular complexity index is 488. The third kappa shape index (κ3) is 3.97. The average Bonchev–Trinajstić information content (AvgIpc) is 2.52.